The summed E-state index contributed by atoms with van der Waals surface area (Å²) in [6, 6.07) is 0.371. The summed E-state index contributed by atoms with van der Waals surface area (Å²) in [5.74, 6) is 0. The summed E-state index contributed by atoms with van der Waals surface area (Å²) in [7, 11) is 0. The van der Waals surface area contributed by atoms with Gasteiger partial charge in [0.25, 0.3) is 0 Å². The highest BCUT2D eigenvalue weighted by Gasteiger charge is 2.46. The van der Waals surface area contributed by atoms with Crippen LogP contribution in [0.4, 0.5) is 4.79 Å². The smallest absolute Gasteiger partial charge is 0.410 e. The van der Waals surface area contributed by atoms with E-state index in [2.05, 4.69) is 0 Å². The molecule has 4 nitrogen and oxygen atoms in total. The number of carbonyl (C=O) groups is 1. The van der Waals surface area contributed by atoms with Gasteiger partial charge in [0.05, 0.1) is 13.2 Å². The quantitative estimate of drug-likeness (QED) is 0.694. The van der Waals surface area contributed by atoms with Gasteiger partial charge in [-0.2, -0.15) is 0 Å². The van der Waals surface area contributed by atoms with E-state index < -0.39 is 5.60 Å². The lowest BCUT2D eigenvalue weighted by atomic mass is 10.2. The van der Waals surface area contributed by atoms with Crippen LogP contribution in [0.2, 0.25) is 0 Å². The molecule has 0 radical (unpaired) electrons. The fraction of sp³-hybridized carbons (Fsp3) is 0.917. The van der Waals surface area contributed by atoms with Crippen molar-refractivity contribution in [3.05, 3.63) is 0 Å². The van der Waals surface area contributed by atoms with E-state index in [0.717, 1.165) is 19.4 Å². The largest absolute Gasteiger partial charge is 0.444 e. The SMILES string of the molecule is CC(C)(C)OC(=O)N(CC1(C)CO1)C1CC1. The zero-order valence-electron chi connectivity index (χ0n) is 10.6. The number of hydrogen-bond acceptors (Lipinski definition) is 3. The van der Waals surface area contributed by atoms with Gasteiger partial charge in [0, 0.05) is 6.04 Å². The summed E-state index contributed by atoms with van der Waals surface area (Å²) in [4.78, 5) is 13.8. The summed E-state index contributed by atoms with van der Waals surface area (Å²) in [5.41, 5.74) is -0.547. The Labute approximate surface area is 96.9 Å². The molecule has 2 aliphatic rings. The Morgan fingerprint density at radius 2 is 2.06 bits per heavy atom. The summed E-state index contributed by atoms with van der Waals surface area (Å²) in [6.45, 7) is 9.13. The first-order valence-corrected chi connectivity index (χ1v) is 5.93. The lowest BCUT2D eigenvalue weighted by molar-refractivity contribution is 0.0190. The molecular weight excluding hydrogens is 206 g/mol. The second-order valence-corrected chi connectivity index (χ2v) is 6.08. The number of ether oxygens (including phenoxy) is 2. The lowest BCUT2D eigenvalue weighted by Gasteiger charge is -2.28. The standard InChI is InChI=1S/C12H21NO3/c1-11(2,3)16-10(14)13(9-5-6-9)7-12(4)8-15-12/h9H,5-8H2,1-4H3. The Hall–Kier alpha value is -0.770. The fourth-order valence-electron chi connectivity index (χ4n) is 1.62. The number of amides is 1. The van der Waals surface area contributed by atoms with Gasteiger partial charge in [-0.05, 0) is 40.5 Å². The number of epoxide rings is 1. The maximum absolute atomic E-state index is 12.0. The Morgan fingerprint density at radius 1 is 1.50 bits per heavy atom. The number of hydrogen-bond donors (Lipinski definition) is 0. The highest BCUT2D eigenvalue weighted by atomic mass is 16.6. The van der Waals surface area contributed by atoms with Gasteiger partial charge in [-0.15, -0.1) is 0 Å². The van der Waals surface area contributed by atoms with Crippen LogP contribution in [-0.4, -0.2) is 41.4 Å². The predicted octanol–water partition coefficient (Wildman–Crippen LogP) is 2.17. The summed E-state index contributed by atoms with van der Waals surface area (Å²) < 4.78 is 10.7. The molecule has 92 valence electrons. The van der Waals surface area contributed by atoms with E-state index >= 15 is 0 Å². The van der Waals surface area contributed by atoms with E-state index in [1.807, 2.05) is 32.6 Å². The molecule has 1 aliphatic carbocycles. The van der Waals surface area contributed by atoms with E-state index in [1.165, 1.54) is 0 Å². The molecule has 1 saturated carbocycles. The van der Waals surface area contributed by atoms with Gasteiger partial charge in [-0.1, -0.05) is 0 Å². The van der Waals surface area contributed by atoms with E-state index in [9.17, 15) is 4.79 Å². The molecular formula is C12H21NO3. The fourth-order valence-corrected chi connectivity index (χ4v) is 1.62. The zero-order chi connectivity index (χ0) is 12.0. The van der Waals surface area contributed by atoms with Crippen LogP contribution in [0.25, 0.3) is 0 Å². The number of nitrogens with zero attached hydrogens (tertiary/aromatic N) is 1. The van der Waals surface area contributed by atoms with Crippen LogP contribution in [0.5, 0.6) is 0 Å². The second kappa shape index (κ2) is 3.62. The number of rotatable bonds is 3. The molecule has 0 aromatic heterocycles. The Balaban J connectivity index is 1.93. The molecule has 0 aromatic carbocycles. The molecule has 0 spiro atoms. The topological polar surface area (TPSA) is 42.1 Å². The monoisotopic (exact) mass is 227 g/mol. The second-order valence-electron chi connectivity index (χ2n) is 6.08. The van der Waals surface area contributed by atoms with E-state index in [1.54, 1.807) is 0 Å². The van der Waals surface area contributed by atoms with Crippen LogP contribution in [0.15, 0.2) is 0 Å². The molecule has 1 amide bonds. The predicted molar refractivity (Wildman–Crippen MR) is 60.3 cm³/mol. The van der Waals surface area contributed by atoms with Crippen LogP contribution in [0.3, 0.4) is 0 Å². The molecule has 1 saturated heterocycles. The van der Waals surface area contributed by atoms with E-state index in [0.29, 0.717) is 12.6 Å². The van der Waals surface area contributed by atoms with Crippen molar-refractivity contribution < 1.29 is 14.3 Å². The zero-order valence-corrected chi connectivity index (χ0v) is 10.6. The van der Waals surface area contributed by atoms with Crippen molar-refractivity contribution in [3.8, 4) is 0 Å². The van der Waals surface area contributed by atoms with Crippen LogP contribution in [-0.2, 0) is 9.47 Å². The summed E-state index contributed by atoms with van der Waals surface area (Å²) in [6.07, 6.45) is 1.98. The molecule has 1 heterocycles. The molecule has 1 unspecified atom stereocenters. The van der Waals surface area contributed by atoms with Crippen molar-refractivity contribution in [2.24, 2.45) is 0 Å². The molecule has 0 N–H and O–H groups in total. The van der Waals surface area contributed by atoms with E-state index in [4.69, 9.17) is 9.47 Å². The van der Waals surface area contributed by atoms with Crippen molar-refractivity contribution in [1.82, 2.24) is 4.90 Å². The van der Waals surface area contributed by atoms with Gasteiger partial charge in [-0.3, -0.25) is 0 Å². The van der Waals surface area contributed by atoms with Crippen LogP contribution >= 0.6 is 0 Å². The molecule has 1 atom stereocenters. The van der Waals surface area contributed by atoms with Gasteiger partial charge in [0.15, 0.2) is 0 Å². The summed E-state index contributed by atoms with van der Waals surface area (Å²) in [5, 5.41) is 0. The Bertz CT molecular complexity index is 287. The molecule has 1 aliphatic heterocycles. The first-order valence-electron chi connectivity index (χ1n) is 5.93. The third-order valence-corrected chi connectivity index (χ3v) is 2.76. The maximum Gasteiger partial charge on any atom is 0.410 e. The Morgan fingerprint density at radius 3 is 2.44 bits per heavy atom. The van der Waals surface area contributed by atoms with Crippen molar-refractivity contribution in [1.29, 1.82) is 0 Å². The molecule has 16 heavy (non-hydrogen) atoms. The summed E-state index contributed by atoms with van der Waals surface area (Å²) >= 11 is 0. The van der Waals surface area contributed by atoms with Crippen LogP contribution < -0.4 is 0 Å². The molecule has 2 rings (SSSR count). The average molecular weight is 227 g/mol. The molecule has 0 aromatic rings. The van der Waals surface area contributed by atoms with Crippen LogP contribution in [0.1, 0.15) is 40.5 Å². The average Bonchev–Trinajstić information content (AvgIpc) is 2.93. The van der Waals surface area contributed by atoms with Crippen molar-refractivity contribution in [3.63, 3.8) is 0 Å². The first kappa shape index (κ1) is 11.7. The van der Waals surface area contributed by atoms with Gasteiger partial charge in [-0.25, -0.2) is 4.79 Å². The number of carbonyl (C=O) groups excluding carboxylic acids is 1. The minimum absolute atomic E-state index is 0.126. The minimum atomic E-state index is -0.421. The third-order valence-electron chi connectivity index (χ3n) is 2.76. The first-order chi connectivity index (χ1) is 7.29. The van der Waals surface area contributed by atoms with Crippen molar-refractivity contribution in [2.45, 2.75) is 57.8 Å². The highest BCUT2D eigenvalue weighted by Crippen LogP contribution is 2.34. The van der Waals surface area contributed by atoms with Crippen molar-refractivity contribution in [2.75, 3.05) is 13.2 Å². The molecule has 2 fully saturated rings. The normalized spacial score (nSPS) is 28.8. The third kappa shape index (κ3) is 3.11. The molecule has 4 heteroatoms. The van der Waals surface area contributed by atoms with Crippen molar-refractivity contribution >= 4 is 6.09 Å². The Kier molecular flexibility index (Phi) is 2.65. The van der Waals surface area contributed by atoms with Gasteiger partial charge in [0.2, 0.25) is 0 Å². The minimum Gasteiger partial charge on any atom is -0.444 e. The van der Waals surface area contributed by atoms with E-state index in [-0.39, 0.29) is 11.7 Å². The van der Waals surface area contributed by atoms with Crippen LogP contribution in [0, 0.1) is 0 Å². The van der Waals surface area contributed by atoms with Gasteiger partial charge >= 0.3 is 6.09 Å². The maximum atomic E-state index is 12.0. The lowest BCUT2D eigenvalue weighted by Crippen LogP contribution is -2.42. The van der Waals surface area contributed by atoms with Gasteiger partial charge in [0.1, 0.15) is 11.2 Å². The highest BCUT2D eigenvalue weighted by molar-refractivity contribution is 5.69. The van der Waals surface area contributed by atoms with Gasteiger partial charge < -0.3 is 14.4 Å². The molecule has 0 bridgehead atoms.